The van der Waals surface area contributed by atoms with Crippen LogP contribution in [-0.2, 0) is 6.54 Å². The molecule has 2 N–H and O–H groups in total. The predicted molar refractivity (Wildman–Crippen MR) is 109 cm³/mol. The van der Waals surface area contributed by atoms with Gasteiger partial charge in [0.25, 0.3) is 0 Å². The average Bonchev–Trinajstić information content (AvgIpc) is 2.95. The molecule has 0 radical (unpaired) electrons. The monoisotopic (exact) mass is 410 g/mol. The minimum atomic E-state index is 0.398. The van der Waals surface area contributed by atoms with Crippen LogP contribution in [-0.4, -0.2) is 14.9 Å². The molecule has 0 unspecified atom stereocenters. The Labute approximate surface area is 165 Å². The third-order valence-corrected chi connectivity index (χ3v) is 4.15. The lowest BCUT2D eigenvalue weighted by Crippen LogP contribution is -2.19. The quantitative estimate of drug-likeness (QED) is 0.540. The molecule has 3 rings (SSSR count). The SMILES string of the molecule is S=C(Nc1cc(Cl)cc(Cl)c1)Nc1ccn(Cc2ccc(Cl)cc2)n1. The van der Waals surface area contributed by atoms with Crippen LogP contribution in [0.5, 0.6) is 0 Å². The Kier molecular flexibility index (Phi) is 5.81. The van der Waals surface area contributed by atoms with E-state index in [0.29, 0.717) is 38.2 Å². The highest BCUT2D eigenvalue weighted by Crippen LogP contribution is 2.22. The van der Waals surface area contributed by atoms with Crippen molar-refractivity contribution in [3.63, 3.8) is 0 Å². The van der Waals surface area contributed by atoms with Crippen molar-refractivity contribution in [1.29, 1.82) is 0 Å². The van der Waals surface area contributed by atoms with Gasteiger partial charge < -0.3 is 10.6 Å². The summed E-state index contributed by atoms with van der Waals surface area (Å²) in [5.74, 6) is 0.639. The summed E-state index contributed by atoms with van der Waals surface area (Å²) in [6.45, 7) is 0.642. The van der Waals surface area contributed by atoms with Gasteiger partial charge in [0, 0.05) is 33.0 Å². The summed E-state index contributed by atoms with van der Waals surface area (Å²) in [5, 5.41) is 12.7. The molecule has 0 bridgehead atoms. The van der Waals surface area contributed by atoms with Gasteiger partial charge in [0.1, 0.15) is 0 Å². The fraction of sp³-hybridized carbons (Fsp3) is 0.0588. The van der Waals surface area contributed by atoms with Crippen LogP contribution >= 0.6 is 47.0 Å². The van der Waals surface area contributed by atoms with Crippen molar-refractivity contribution in [2.24, 2.45) is 0 Å². The molecule has 0 aliphatic heterocycles. The van der Waals surface area contributed by atoms with Gasteiger partial charge in [0.2, 0.25) is 0 Å². The van der Waals surface area contributed by atoms with Crippen molar-refractivity contribution >= 4 is 63.6 Å². The summed E-state index contributed by atoms with van der Waals surface area (Å²) in [6, 6.07) is 14.6. The highest BCUT2D eigenvalue weighted by molar-refractivity contribution is 7.80. The van der Waals surface area contributed by atoms with Gasteiger partial charge in [0.05, 0.1) is 6.54 Å². The fourth-order valence-corrected chi connectivity index (χ4v) is 3.07. The molecule has 0 aliphatic rings. The first-order valence-electron chi connectivity index (χ1n) is 7.30. The van der Waals surface area contributed by atoms with Crippen LogP contribution in [0, 0.1) is 0 Å². The van der Waals surface area contributed by atoms with E-state index in [4.69, 9.17) is 47.0 Å². The van der Waals surface area contributed by atoms with Crippen LogP contribution in [0.4, 0.5) is 11.5 Å². The number of halogens is 3. The summed E-state index contributed by atoms with van der Waals surface area (Å²) in [7, 11) is 0. The molecular formula is C17H13Cl3N4S. The van der Waals surface area contributed by atoms with Gasteiger partial charge in [-0.05, 0) is 48.1 Å². The lowest BCUT2D eigenvalue weighted by Gasteiger charge is -2.09. The largest absolute Gasteiger partial charge is 0.332 e. The molecule has 0 saturated heterocycles. The summed E-state index contributed by atoms with van der Waals surface area (Å²) < 4.78 is 1.81. The first kappa shape index (κ1) is 18.0. The second-order valence-corrected chi connectivity index (χ2v) is 6.98. The number of nitrogens with one attached hydrogen (secondary N) is 2. The number of hydrogen-bond acceptors (Lipinski definition) is 2. The van der Waals surface area contributed by atoms with E-state index in [1.54, 1.807) is 18.2 Å². The van der Waals surface area contributed by atoms with Crippen LogP contribution in [0.2, 0.25) is 15.1 Å². The maximum absolute atomic E-state index is 5.97. The number of aromatic nitrogens is 2. The van der Waals surface area contributed by atoms with Crippen LogP contribution in [0.3, 0.4) is 0 Å². The standard InChI is InChI=1S/C17H13Cl3N4S/c18-12-3-1-11(2-4-12)10-24-6-5-16(23-24)22-17(25)21-15-8-13(19)7-14(20)9-15/h1-9H,10H2,(H2,21,22,23,25). The molecule has 0 aliphatic carbocycles. The van der Waals surface area contributed by atoms with Gasteiger partial charge >= 0.3 is 0 Å². The molecule has 128 valence electrons. The van der Waals surface area contributed by atoms with E-state index in [9.17, 15) is 0 Å². The molecule has 8 heteroatoms. The van der Waals surface area contributed by atoms with E-state index in [0.717, 1.165) is 5.56 Å². The van der Waals surface area contributed by atoms with Crippen LogP contribution < -0.4 is 10.6 Å². The average molecular weight is 412 g/mol. The molecule has 3 aromatic rings. The Morgan fingerprint density at radius 3 is 2.28 bits per heavy atom. The van der Waals surface area contributed by atoms with Gasteiger partial charge in [-0.15, -0.1) is 0 Å². The molecule has 0 amide bonds. The van der Waals surface area contributed by atoms with E-state index < -0.39 is 0 Å². The topological polar surface area (TPSA) is 41.9 Å². The molecule has 0 saturated carbocycles. The Morgan fingerprint density at radius 1 is 0.920 bits per heavy atom. The van der Waals surface area contributed by atoms with Crippen molar-refractivity contribution in [3.05, 3.63) is 75.4 Å². The van der Waals surface area contributed by atoms with Crippen LogP contribution in [0.15, 0.2) is 54.7 Å². The van der Waals surface area contributed by atoms with E-state index in [1.165, 1.54) is 0 Å². The zero-order chi connectivity index (χ0) is 17.8. The van der Waals surface area contributed by atoms with Crippen molar-refractivity contribution < 1.29 is 0 Å². The lowest BCUT2D eigenvalue weighted by atomic mass is 10.2. The zero-order valence-corrected chi connectivity index (χ0v) is 15.9. The number of hydrogen-bond donors (Lipinski definition) is 2. The molecular weight excluding hydrogens is 399 g/mol. The highest BCUT2D eigenvalue weighted by Gasteiger charge is 2.05. The first-order chi connectivity index (χ1) is 12.0. The number of rotatable bonds is 4. The molecule has 4 nitrogen and oxygen atoms in total. The van der Waals surface area contributed by atoms with Gasteiger partial charge in [0.15, 0.2) is 10.9 Å². The van der Waals surface area contributed by atoms with Crippen LogP contribution in [0.25, 0.3) is 0 Å². The molecule has 2 aromatic carbocycles. The molecule has 1 aromatic heterocycles. The summed E-state index contributed by atoms with van der Waals surface area (Å²) in [4.78, 5) is 0. The van der Waals surface area contributed by atoms with Gasteiger partial charge in [-0.2, -0.15) is 5.10 Å². The predicted octanol–water partition coefficient (Wildman–Crippen LogP) is 5.70. The van der Waals surface area contributed by atoms with Crippen molar-refractivity contribution in [2.75, 3.05) is 10.6 Å². The molecule has 1 heterocycles. The van der Waals surface area contributed by atoms with Crippen molar-refractivity contribution in [2.45, 2.75) is 6.54 Å². The van der Waals surface area contributed by atoms with E-state index in [1.807, 2.05) is 41.2 Å². The number of thiocarbonyl (C=S) groups is 1. The maximum atomic E-state index is 5.97. The van der Waals surface area contributed by atoms with E-state index >= 15 is 0 Å². The third kappa shape index (κ3) is 5.34. The fourth-order valence-electron chi connectivity index (χ4n) is 2.20. The lowest BCUT2D eigenvalue weighted by molar-refractivity contribution is 0.690. The second kappa shape index (κ2) is 8.06. The number of anilines is 2. The zero-order valence-electron chi connectivity index (χ0n) is 12.8. The number of benzene rings is 2. The highest BCUT2D eigenvalue weighted by atomic mass is 35.5. The number of nitrogens with zero attached hydrogens (tertiary/aromatic N) is 2. The maximum Gasteiger partial charge on any atom is 0.176 e. The molecule has 0 atom stereocenters. The first-order valence-corrected chi connectivity index (χ1v) is 8.84. The van der Waals surface area contributed by atoms with Crippen molar-refractivity contribution in [1.82, 2.24) is 9.78 Å². The Balaban J connectivity index is 1.60. The van der Waals surface area contributed by atoms with Gasteiger partial charge in [-0.3, -0.25) is 4.68 Å². The van der Waals surface area contributed by atoms with E-state index in [2.05, 4.69) is 15.7 Å². The smallest absolute Gasteiger partial charge is 0.176 e. The van der Waals surface area contributed by atoms with E-state index in [-0.39, 0.29) is 0 Å². The Hall–Kier alpha value is -1.79. The van der Waals surface area contributed by atoms with Crippen LogP contribution in [0.1, 0.15) is 5.56 Å². The second-order valence-electron chi connectivity index (χ2n) is 5.26. The summed E-state index contributed by atoms with van der Waals surface area (Å²) in [5.41, 5.74) is 1.81. The molecule has 25 heavy (non-hydrogen) atoms. The third-order valence-electron chi connectivity index (χ3n) is 3.26. The minimum Gasteiger partial charge on any atom is -0.332 e. The summed E-state index contributed by atoms with van der Waals surface area (Å²) in [6.07, 6.45) is 1.87. The minimum absolute atomic E-state index is 0.398. The molecule has 0 spiro atoms. The Bertz CT molecular complexity index is 873. The van der Waals surface area contributed by atoms with Crippen molar-refractivity contribution in [3.8, 4) is 0 Å². The molecule has 0 fully saturated rings. The Morgan fingerprint density at radius 2 is 1.60 bits per heavy atom. The normalized spacial score (nSPS) is 10.5. The van der Waals surface area contributed by atoms with Gasteiger partial charge in [-0.1, -0.05) is 46.9 Å². The van der Waals surface area contributed by atoms with Gasteiger partial charge in [-0.25, -0.2) is 0 Å². The summed E-state index contributed by atoms with van der Waals surface area (Å²) >= 11 is 23.1.